The van der Waals surface area contributed by atoms with Gasteiger partial charge in [-0.05, 0) is 38.1 Å². The van der Waals surface area contributed by atoms with Crippen molar-refractivity contribution in [3.8, 4) is 0 Å². The van der Waals surface area contributed by atoms with E-state index in [0.717, 1.165) is 10.7 Å². The molecule has 1 aliphatic heterocycles. The molecule has 3 rings (SSSR count). The Kier molecular flexibility index (Phi) is 5.63. The summed E-state index contributed by atoms with van der Waals surface area (Å²) in [5.74, 6) is -0.469. The van der Waals surface area contributed by atoms with E-state index in [1.165, 1.54) is 35.6 Å². The second kappa shape index (κ2) is 7.92. The van der Waals surface area contributed by atoms with E-state index in [2.05, 4.69) is 10.3 Å². The summed E-state index contributed by atoms with van der Waals surface area (Å²) in [7, 11) is 0. The molecule has 2 heterocycles. The zero-order valence-electron chi connectivity index (χ0n) is 14.8. The van der Waals surface area contributed by atoms with Crippen molar-refractivity contribution >= 4 is 28.8 Å². The van der Waals surface area contributed by atoms with Crippen LogP contribution in [0.15, 0.2) is 24.3 Å². The van der Waals surface area contributed by atoms with Crippen LogP contribution >= 0.6 is 11.3 Å². The number of piperazine rings is 1. The molecule has 0 saturated carbocycles. The number of rotatable bonds is 4. The molecular formula is C18H21FN4O2S. The fraction of sp³-hybridized carbons (Fsp3) is 0.389. The molecule has 26 heavy (non-hydrogen) atoms. The summed E-state index contributed by atoms with van der Waals surface area (Å²) in [6, 6.07) is 5.68. The van der Waals surface area contributed by atoms with Crippen molar-refractivity contribution in [3.05, 3.63) is 45.7 Å². The number of amides is 2. The number of anilines is 1. The molecule has 1 N–H and O–H groups in total. The van der Waals surface area contributed by atoms with Gasteiger partial charge in [0.1, 0.15) is 10.7 Å². The Balaban J connectivity index is 1.49. The van der Waals surface area contributed by atoms with E-state index in [4.69, 9.17) is 0 Å². The Morgan fingerprint density at radius 2 is 1.81 bits per heavy atom. The van der Waals surface area contributed by atoms with Gasteiger partial charge in [-0.2, -0.15) is 0 Å². The topological polar surface area (TPSA) is 65.5 Å². The van der Waals surface area contributed by atoms with E-state index in [-0.39, 0.29) is 24.2 Å². The van der Waals surface area contributed by atoms with Gasteiger partial charge in [-0.1, -0.05) is 0 Å². The second-order valence-electron chi connectivity index (χ2n) is 6.27. The fourth-order valence-corrected chi connectivity index (χ4v) is 3.81. The first-order valence-electron chi connectivity index (χ1n) is 8.43. The van der Waals surface area contributed by atoms with Gasteiger partial charge in [0, 0.05) is 31.9 Å². The van der Waals surface area contributed by atoms with Crippen LogP contribution < -0.4 is 5.32 Å². The highest BCUT2D eigenvalue weighted by molar-refractivity contribution is 7.13. The first-order chi connectivity index (χ1) is 12.4. The molecule has 2 aromatic rings. The second-order valence-corrected chi connectivity index (χ2v) is 7.47. The van der Waals surface area contributed by atoms with Crippen LogP contribution in [0.1, 0.15) is 20.4 Å². The average Bonchev–Trinajstić information content (AvgIpc) is 2.95. The fourth-order valence-electron chi connectivity index (χ4n) is 2.92. The highest BCUT2D eigenvalue weighted by atomic mass is 32.1. The summed E-state index contributed by atoms with van der Waals surface area (Å²) >= 11 is 1.42. The molecule has 0 atom stereocenters. The number of aromatic nitrogens is 1. The standard InChI is InChI=1S/C18H21FN4O2S/c1-12-17(26-13(2)20-12)18(25)23-9-7-22(8-10-23)11-16(24)21-15-5-3-14(19)4-6-15/h3-6H,7-11H2,1-2H3,(H,21,24). The van der Waals surface area contributed by atoms with Crippen molar-refractivity contribution in [2.75, 3.05) is 38.0 Å². The molecule has 1 aliphatic rings. The Hall–Kier alpha value is -2.32. The monoisotopic (exact) mass is 376 g/mol. The molecule has 0 aliphatic carbocycles. The lowest BCUT2D eigenvalue weighted by atomic mass is 10.2. The molecule has 0 spiro atoms. The maximum atomic E-state index is 12.9. The first-order valence-corrected chi connectivity index (χ1v) is 9.25. The Labute approximate surface area is 155 Å². The van der Waals surface area contributed by atoms with Gasteiger partial charge in [0.25, 0.3) is 5.91 Å². The van der Waals surface area contributed by atoms with Crippen LogP contribution in [-0.2, 0) is 4.79 Å². The predicted octanol–water partition coefficient (Wildman–Crippen LogP) is 2.30. The molecule has 6 nitrogen and oxygen atoms in total. The third kappa shape index (κ3) is 4.44. The summed E-state index contributed by atoms with van der Waals surface area (Å²) in [4.78, 5) is 33.5. The van der Waals surface area contributed by atoms with Gasteiger partial charge in [-0.25, -0.2) is 9.37 Å². The minimum Gasteiger partial charge on any atom is -0.335 e. The summed E-state index contributed by atoms with van der Waals surface area (Å²) in [6.45, 7) is 6.44. The molecule has 1 aromatic heterocycles. The number of hydrogen-bond acceptors (Lipinski definition) is 5. The molecule has 0 unspecified atom stereocenters. The van der Waals surface area contributed by atoms with Crippen LogP contribution in [-0.4, -0.2) is 59.3 Å². The number of aryl methyl sites for hydroxylation is 2. The van der Waals surface area contributed by atoms with Crippen LogP contribution in [0.2, 0.25) is 0 Å². The zero-order valence-corrected chi connectivity index (χ0v) is 15.6. The van der Waals surface area contributed by atoms with Gasteiger partial charge < -0.3 is 10.2 Å². The molecule has 0 bridgehead atoms. The van der Waals surface area contributed by atoms with Crippen LogP contribution in [0, 0.1) is 19.7 Å². The lowest BCUT2D eigenvalue weighted by Crippen LogP contribution is -2.50. The summed E-state index contributed by atoms with van der Waals surface area (Å²) in [5, 5.41) is 3.64. The zero-order chi connectivity index (χ0) is 18.7. The molecule has 2 amide bonds. The molecular weight excluding hydrogens is 355 g/mol. The van der Waals surface area contributed by atoms with E-state index in [9.17, 15) is 14.0 Å². The van der Waals surface area contributed by atoms with Gasteiger partial charge in [0.05, 0.1) is 17.2 Å². The highest BCUT2D eigenvalue weighted by Crippen LogP contribution is 2.20. The number of carbonyl (C=O) groups excluding carboxylic acids is 2. The number of thiazole rings is 1. The number of benzene rings is 1. The molecule has 138 valence electrons. The number of nitrogens with one attached hydrogen (secondary N) is 1. The van der Waals surface area contributed by atoms with Crippen molar-refractivity contribution in [2.45, 2.75) is 13.8 Å². The minimum atomic E-state index is -0.338. The molecule has 8 heteroatoms. The number of halogens is 1. The third-order valence-electron chi connectivity index (χ3n) is 4.25. The lowest BCUT2D eigenvalue weighted by Gasteiger charge is -2.34. The van der Waals surface area contributed by atoms with Crippen LogP contribution in [0.5, 0.6) is 0 Å². The molecule has 1 fully saturated rings. The van der Waals surface area contributed by atoms with E-state index in [1.807, 2.05) is 23.6 Å². The van der Waals surface area contributed by atoms with Crippen molar-refractivity contribution in [2.24, 2.45) is 0 Å². The van der Waals surface area contributed by atoms with Gasteiger partial charge in [0.15, 0.2) is 0 Å². The van der Waals surface area contributed by atoms with Gasteiger partial charge in [0.2, 0.25) is 5.91 Å². The van der Waals surface area contributed by atoms with Crippen molar-refractivity contribution in [1.29, 1.82) is 0 Å². The van der Waals surface area contributed by atoms with Crippen LogP contribution in [0.3, 0.4) is 0 Å². The van der Waals surface area contributed by atoms with Crippen LogP contribution in [0.25, 0.3) is 0 Å². The molecule has 1 aromatic carbocycles. The van der Waals surface area contributed by atoms with Gasteiger partial charge >= 0.3 is 0 Å². The Morgan fingerprint density at radius 3 is 2.38 bits per heavy atom. The Morgan fingerprint density at radius 1 is 1.15 bits per heavy atom. The summed E-state index contributed by atoms with van der Waals surface area (Å²) in [5.41, 5.74) is 1.35. The minimum absolute atomic E-state index is 0.0171. The maximum absolute atomic E-state index is 12.9. The van der Waals surface area contributed by atoms with Crippen molar-refractivity contribution < 1.29 is 14.0 Å². The molecule has 0 radical (unpaired) electrons. The number of carbonyl (C=O) groups is 2. The summed E-state index contributed by atoms with van der Waals surface area (Å²) in [6.07, 6.45) is 0. The van der Waals surface area contributed by atoms with Crippen molar-refractivity contribution in [1.82, 2.24) is 14.8 Å². The third-order valence-corrected chi connectivity index (χ3v) is 5.31. The predicted molar refractivity (Wildman–Crippen MR) is 99.0 cm³/mol. The quantitative estimate of drug-likeness (QED) is 0.889. The van der Waals surface area contributed by atoms with E-state index < -0.39 is 0 Å². The first kappa shape index (κ1) is 18.5. The smallest absolute Gasteiger partial charge is 0.265 e. The van der Waals surface area contributed by atoms with E-state index >= 15 is 0 Å². The number of hydrogen-bond donors (Lipinski definition) is 1. The van der Waals surface area contributed by atoms with Gasteiger partial charge in [-0.3, -0.25) is 14.5 Å². The summed E-state index contributed by atoms with van der Waals surface area (Å²) < 4.78 is 12.9. The normalized spacial score (nSPS) is 15.1. The number of nitrogens with zero attached hydrogens (tertiary/aromatic N) is 3. The maximum Gasteiger partial charge on any atom is 0.265 e. The largest absolute Gasteiger partial charge is 0.335 e. The van der Waals surface area contributed by atoms with E-state index in [0.29, 0.717) is 36.7 Å². The SMILES string of the molecule is Cc1nc(C)c(C(=O)N2CCN(CC(=O)Nc3ccc(F)cc3)CC2)s1. The van der Waals surface area contributed by atoms with Crippen molar-refractivity contribution in [3.63, 3.8) is 0 Å². The van der Waals surface area contributed by atoms with Gasteiger partial charge in [-0.15, -0.1) is 11.3 Å². The lowest BCUT2D eigenvalue weighted by molar-refractivity contribution is -0.117. The Bertz CT molecular complexity index is 798. The van der Waals surface area contributed by atoms with E-state index in [1.54, 1.807) is 0 Å². The van der Waals surface area contributed by atoms with Crippen LogP contribution in [0.4, 0.5) is 10.1 Å². The highest BCUT2D eigenvalue weighted by Gasteiger charge is 2.25. The molecule has 1 saturated heterocycles. The average molecular weight is 376 g/mol.